The minimum atomic E-state index is -0.143. The maximum Gasteiger partial charge on any atom is 0.270 e. The predicted molar refractivity (Wildman–Crippen MR) is 138 cm³/mol. The van der Waals surface area contributed by atoms with Gasteiger partial charge < -0.3 is 10.1 Å². The van der Waals surface area contributed by atoms with E-state index in [1.165, 1.54) is 12.8 Å². The number of ether oxygens (including phenoxy) is 1. The van der Waals surface area contributed by atoms with E-state index in [1.54, 1.807) is 11.8 Å². The van der Waals surface area contributed by atoms with Gasteiger partial charge in [0.1, 0.15) is 11.4 Å². The maximum atomic E-state index is 13.5. The molecule has 0 saturated carbocycles. The Hall–Kier alpha value is -3.90. The highest BCUT2D eigenvalue weighted by atomic mass is 16.5. The lowest BCUT2D eigenvalue weighted by molar-refractivity contribution is 0.0930. The van der Waals surface area contributed by atoms with Crippen LogP contribution in [0.25, 0.3) is 16.9 Å². The lowest BCUT2D eigenvalue weighted by Crippen LogP contribution is -2.37. The smallest absolute Gasteiger partial charge is 0.270 e. The van der Waals surface area contributed by atoms with E-state index >= 15 is 0 Å². The van der Waals surface area contributed by atoms with Gasteiger partial charge in [0.25, 0.3) is 5.91 Å². The summed E-state index contributed by atoms with van der Waals surface area (Å²) in [4.78, 5) is 16.0. The number of aromatic nitrogens is 2. The van der Waals surface area contributed by atoms with E-state index in [1.807, 2.05) is 78.9 Å². The number of nitrogens with zero attached hydrogens (tertiary/aromatic N) is 3. The second-order valence-electron chi connectivity index (χ2n) is 8.77. The molecule has 0 radical (unpaired) electrons. The van der Waals surface area contributed by atoms with Crippen LogP contribution in [0.15, 0.2) is 91.0 Å². The Morgan fingerprint density at radius 3 is 2.37 bits per heavy atom. The quantitative estimate of drug-likeness (QED) is 0.392. The first-order valence-corrected chi connectivity index (χ1v) is 12.1. The van der Waals surface area contributed by atoms with E-state index in [0.29, 0.717) is 12.2 Å². The zero-order valence-corrected chi connectivity index (χ0v) is 19.9. The van der Waals surface area contributed by atoms with Crippen molar-refractivity contribution < 1.29 is 9.53 Å². The number of carbonyl (C=O) groups excluding carboxylic acids is 1. The SMILES string of the molecule is COc1cccc([C@H](CNC(=O)c2cc(-c3ccccc3)nn2-c2ccccc2)N2CCCC2)c1. The lowest BCUT2D eigenvalue weighted by atomic mass is 10.0. The van der Waals surface area contributed by atoms with E-state index in [9.17, 15) is 4.79 Å². The average Bonchev–Trinajstić information content (AvgIpc) is 3.61. The first-order valence-electron chi connectivity index (χ1n) is 12.1. The molecule has 2 heterocycles. The summed E-state index contributed by atoms with van der Waals surface area (Å²) in [5.74, 6) is 0.684. The van der Waals surface area contributed by atoms with Crippen molar-refractivity contribution >= 4 is 5.91 Å². The van der Waals surface area contributed by atoms with E-state index in [4.69, 9.17) is 9.84 Å². The Balaban J connectivity index is 1.43. The number of amides is 1. The summed E-state index contributed by atoms with van der Waals surface area (Å²) in [5.41, 5.74) is 4.25. The monoisotopic (exact) mass is 466 g/mol. The van der Waals surface area contributed by atoms with Gasteiger partial charge in [0, 0.05) is 12.1 Å². The lowest BCUT2D eigenvalue weighted by Gasteiger charge is -2.28. The van der Waals surface area contributed by atoms with Gasteiger partial charge in [-0.1, -0.05) is 60.7 Å². The van der Waals surface area contributed by atoms with Crippen LogP contribution in [0.5, 0.6) is 5.75 Å². The highest BCUT2D eigenvalue weighted by Crippen LogP contribution is 2.28. The summed E-state index contributed by atoms with van der Waals surface area (Å²) < 4.78 is 7.18. The van der Waals surface area contributed by atoms with Gasteiger partial charge in [0.15, 0.2) is 0 Å². The molecule has 1 fully saturated rings. The third-order valence-corrected chi connectivity index (χ3v) is 6.53. The van der Waals surface area contributed by atoms with Crippen LogP contribution in [0.1, 0.15) is 34.9 Å². The number of benzene rings is 3. The molecule has 0 unspecified atom stereocenters. The van der Waals surface area contributed by atoms with E-state index in [-0.39, 0.29) is 11.9 Å². The Kier molecular flexibility index (Phi) is 6.91. The third-order valence-electron chi connectivity index (χ3n) is 6.53. The van der Waals surface area contributed by atoms with Crippen molar-refractivity contribution in [2.75, 3.05) is 26.7 Å². The van der Waals surface area contributed by atoms with Crippen molar-refractivity contribution in [1.29, 1.82) is 0 Å². The van der Waals surface area contributed by atoms with E-state index < -0.39 is 0 Å². The van der Waals surface area contributed by atoms with Gasteiger partial charge in [-0.25, -0.2) is 4.68 Å². The molecule has 1 aliphatic rings. The molecule has 1 aliphatic heterocycles. The van der Waals surface area contributed by atoms with E-state index in [0.717, 1.165) is 41.3 Å². The summed E-state index contributed by atoms with van der Waals surface area (Å²) in [6.45, 7) is 2.56. The number of methoxy groups -OCH3 is 1. The summed E-state index contributed by atoms with van der Waals surface area (Å²) >= 11 is 0. The second-order valence-corrected chi connectivity index (χ2v) is 8.77. The fraction of sp³-hybridized carbons (Fsp3) is 0.241. The van der Waals surface area contributed by atoms with Crippen molar-refractivity contribution in [2.45, 2.75) is 18.9 Å². The largest absolute Gasteiger partial charge is 0.497 e. The van der Waals surface area contributed by atoms with Gasteiger partial charge in [-0.05, 0) is 61.8 Å². The highest BCUT2D eigenvalue weighted by Gasteiger charge is 2.25. The Labute approximate surface area is 206 Å². The van der Waals surface area contributed by atoms with Crippen LogP contribution >= 0.6 is 0 Å². The van der Waals surface area contributed by atoms with Gasteiger partial charge in [0.2, 0.25) is 0 Å². The van der Waals surface area contributed by atoms with Gasteiger partial charge in [0.05, 0.1) is 24.5 Å². The molecule has 5 rings (SSSR count). The first kappa shape index (κ1) is 22.9. The molecule has 6 nitrogen and oxygen atoms in total. The highest BCUT2D eigenvalue weighted by molar-refractivity contribution is 5.94. The molecule has 1 aromatic heterocycles. The first-order chi connectivity index (χ1) is 17.2. The van der Waals surface area contributed by atoms with Crippen LogP contribution in [0.3, 0.4) is 0 Å². The third kappa shape index (κ3) is 5.12. The van der Waals surface area contributed by atoms with Gasteiger partial charge in [-0.3, -0.25) is 9.69 Å². The van der Waals surface area contributed by atoms with Gasteiger partial charge >= 0.3 is 0 Å². The molecule has 6 heteroatoms. The van der Waals surface area contributed by atoms with Crippen molar-refractivity contribution in [1.82, 2.24) is 20.0 Å². The summed E-state index contributed by atoms with van der Waals surface area (Å²) in [7, 11) is 1.68. The average molecular weight is 467 g/mol. The topological polar surface area (TPSA) is 59.4 Å². The molecule has 0 spiro atoms. The minimum absolute atomic E-state index is 0.0817. The van der Waals surface area contributed by atoms with Crippen molar-refractivity contribution in [3.8, 4) is 22.7 Å². The number of rotatable bonds is 8. The molecule has 1 saturated heterocycles. The number of hydrogen-bond acceptors (Lipinski definition) is 4. The fourth-order valence-electron chi connectivity index (χ4n) is 4.70. The van der Waals surface area contributed by atoms with Gasteiger partial charge in [-0.15, -0.1) is 0 Å². The second kappa shape index (κ2) is 10.6. The molecule has 1 atom stereocenters. The molecule has 0 bridgehead atoms. The molecule has 1 amide bonds. The normalized spacial score (nSPS) is 14.5. The molecule has 3 aromatic carbocycles. The number of hydrogen-bond donors (Lipinski definition) is 1. The van der Waals surface area contributed by atoms with Crippen LogP contribution in [0.4, 0.5) is 0 Å². The molecule has 35 heavy (non-hydrogen) atoms. The summed E-state index contributed by atoms with van der Waals surface area (Å²) in [5, 5.41) is 7.99. The molecule has 0 aliphatic carbocycles. The van der Waals surface area contributed by atoms with Gasteiger partial charge in [-0.2, -0.15) is 5.10 Å². The molecular weight excluding hydrogens is 436 g/mol. The van der Waals surface area contributed by atoms with Crippen LogP contribution < -0.4 is 10.1 Å². The molecule has 4 aromatic rings. The predicted octanol–water partition coefficient (Wildman–Crippen LogP) is 5.11. The number of likely N-dealkylation sites (tertiary alicyclic amines) is 1. The number of nitrogens with one attached hydrogen (secondary N) is 1. The number of para-hydroxylation sites is 1. The zero-order chi connectivity index (χ0) is 24.0. The van der Waals surface area contributed by atoms with Crippen LogP contribution in [-0.4, -0.2) is 47.3 Å². The summed E-state index contributed by atoms with van der Waals surface area (Å²) in [6.07, 6.45) is 2.35. The summed E-state index contributed by atoms with van der Waals surface area (Å²) in [6, 6.07) is 29.8. The standard InChI is InChI=1S/C29H30N4O2/c1-35-25-16-10-13-23(19-25)28(32-17-8-9-18-32)21-30-29(34)27-20-26(22-11-4-2-5-12-22)31-33(27)24-14-6-3-7-15-24/h2-7,10-16,19-20,28H,8-9,17-18,21H2,1H3,(H,30,34)/t28-/m0/s1. The Morgan fingerprint density at radius 1 is 0.943 bits per heavy atom. The zero-order valence-electron chi connectivity index (χ0n) is 19.9. The Morgan fingerprint density at radius 2 is 1.66 bits per heavy atom. The van der Waals surface area contributed by atoms with Crippen LogP contribution in [0, 0.1) is 0 Å². The fourth-order valence-corrected chi connectivity index (χ4v) is 4.70. The van der Waals surface area contributed by atoms with E-state index in [2.05, 4.69) is 22.3 Å². The number of carbonyl (C=O) groups is 1. The Bertz CT molecular complexity index is 1260. The molecule has 178 valence electrons. The van der Waals surface area contributed by atoms with Crippen LogP contribution in [-0.2, 0) is 0 Å². The molecular formula is C29H30N4O2. The molecule has 1 N–H and O–H groups in total. The van der Waals surface area contributed by atoms with Crippen molar-refractivity contribution in [3.63, 3.8) is 0 Å². The van der Waals surface area contributed by atoms with Crippen LogP contribution in [0.2, 0.25) is 0 Å². The maximum absolute atomic E-state index is 13.5. The van der Waals surface area contributed by atoms with Crippen molar-refractivity contribution in [3.05, 3.63) is 102 Å². The minimum Gasteiger partial charge on any atom is -0.497 e. The van der Waals surface area contributed by atoms with Crippen molar-refractivity contribution in [2.24, 2.45) is 0 Å².